The number of sulfonamides is 1. The fourth-order valence-corrected chi connectivity index (χ4v) is 3.75. The summed E-state index contributed by atoms with van der Waals surface area (Å²) in [4.78, 5) is 10.4. The van der Waals surface area contributed by atoms with Crippen molar-refractivity contribution in [2.75, 3.05) is 18.8 Å². The third-order valence-corrected chi connectivity index (χ3v) is 5.38. The molecule has 0 amide bonds. The predicted octanol–water partition coefficient (Wildman–Crippen LogP) is 0.240. The standard InChI is InChI=1S/C11H22N2O4S/c1-9(12)10-4-6-13(7-5-10)18(16,17)8-2-3-11(14)15/h9-10H,2-8,12H2,1H3,(H,14,15). The van der Waals surface area contributed by atoms with Crippen molar-refractivity contribution in [3.05, 3.63) is 0 Å². The normalized spacial score (nSPS) is 20.8. The van der Waals surface area contributed by atoms with Crippen LogP contribution in [0.3, 0.4) is 0 Å². The van der Waals surface area contributed by atoms with Gasteiger partial charge in [0.25, 0.3) is 0 Å². The van der Waals surface area contributed by atoms with E-state index >= 15 is 0 Å². The van der Waals surface area contributed by atoms with E-state index in [9.17, 15) is 13.2 Å². The van der Waals surface area contributed by atoms with Gasteiger partial charge in [0.1, 0.15) is 0 Å². The first-order valence-electron chi connectivity index (χ1n) is 6.28. The van der Waals surface area contributed by atoms with Crippen molar-refractivity contribution in [2.24, 2.45) is 11.7 Å². The first-order chi connectivity index (χ1) is 8.33. The summed E-state index contributed by atoms with van der Waals surface area (Å²) in [5, 5.41) is 8.49. The lowest BCUT2D eigenvalue weighted by molar-refractivity contribution is -0.137. The molecule has 1 unspecified atom stereocenters. The number of aliphatic carboxylic acids is 1. The maximum Gasteiger partial charge on any atom is 0.303 e. The van der Waals surface area contributed by atoms with Gasteiger partial charge in [-0.2, -0.15) is 0 Å². The Hall–Kier alpha value is -0.660. The van der Waals surface area contributed by atoms with Crippen LogP contribution in [0.25, 0.3) is 0 Å². The van der Waals surface area contributed by atoms with Gasteiger partial charge in [-0.3, -0.25) is 4.79 Å². The summed E-state index contributed by atoms with van der Waals surface area (Å²) in [5.41, 5.74) is 5.80. The number of hydrogen-bond donors (Lipinski definition) is 2. The summed E-state index contributed by atoms with van der Waals surface area (Å²) >= 11 is 0. The Balaban J connectivity index is 2.43. The Morgan fingerprint density at radius 3 is 2.44 bits per heavy atom. The molecule has 0 aliphatic carbocycles. The van der Waals surface area contributed by atoms with Gasteiger partial charge in [0.15, 0.2) is 0 Å². The fourth-order valence-electron chi connectivity index (χ4n) is 2.21. The number of piperidine rings is 1. The van der Waals surface area contributed by atoms with Gasteiger partial charge in [-0.15, -0.1) is 0 Å². The Labute approximate surface area is 108 Å². The third kappa shape index (κ3) is 4.55. The summed E-state index contributed by atoms with van der Waals surface area (Å²) < 4.78 is 25.4. The minimum absolute atomic E-state index is 0.0812. The molecule has 6 nitrogen and oxygen atoms in total. The van der Waals surface area contributed by atoms with E-state index in [1.54, 1.807) is 0 Å². The maximum absolute atomic E-state index is 11.9. The Morgan fingerprint density at radius 2 is 2.00 bits per heavy atom. The fraction of sp³-hybridized carbons (Fsp3) is 0.909. The molecule has 1 aliphatic heterocycles. The quantitative estimate of drug-likeness (QED) is 0.725. The zero-order chi connectivity index (χ0) is 13.8. The monoisotopic (exact) mass is 278 g/mol. The molecule has 0 spiro atoms. The molecule has 0 bridgehead atoms. The minimum Gasteiger partial charge on any atom is -0.481 e. The highest BCUT2D eigenvalue weighted by Gasteiger charge is 2.28. The van der Waals surface area contributed by atoms with Gasteiger partial charge in [-0.1, -0.05) is 0 Å². The molecule has 18 heavy (non-hydrogen) atoms. The molecular formula is C11H22N2O4S. The van der Waals surface area contributed by atoms with Gasteiger partial charge in [0.05, 0.1) is 5.75 Å². The Bertz CT molecular complexity index is 373. The van der Waals surface area contributed by atoms with Crippen molar-refractivity contribution in [3.63, 3.8) is 0 Å². The van der Waals surface area contributed by atoms with Crippen LogP contribution < -0.4 is 5.73 Å². The third-order valence-electron chi connectivity index (χ3n) is 3.43. The lowest BCUT2D eigenvalue weighted by Crippen LogP contribution is -2.43. The van der Waals surface area contributed by atoms with E-state index in [1.165, 1.54) is 4.31 Å². The van der Waals surface area contributed by atoms with Gasteiger partial charge in [-0.05, 0) is 32.1 Å². The molecule has 0 saturated carbocycles. The largest absolute Gasteiger partial charge is 0.481 e. The van der Waals surface area contributed by atoms with Crippen LogP contribution in [0.4, 0.5) is 0 Å². The van der Waals surface area contributed by atoms with E-state index in [4.69, 9.17) is 10.8 Å². The molecule has 1 rings (SSSR count). The van der Waals surface area contributed by atoms with Crippen LogP contribution in [0.2, 0.25) is 0 Å². The molecule has 1 fully saturated rings. The molecule has 0 aromatic heterocycles. The number of nitrogens with zero attached hydrogens (tertiary/aromatic N) is 1. The molecule has 1 heterocycles. The number of rotatable bonds is 6. The number of carboxylic acid groups (broad SMARTS) is 1. The van der Waals surface area contributed by atoms with Crippen LogP contribution >= 0.6 is 0 Å². The zero-order valence-corrected chi connectivity index (χ0v) is 11.5. The molecule has 0 aromatic rings. The number of nitrogens with two attached hydrogens (primary N) is 1. The molecule has 0 radical (unpaired) electrons. The van der Waals surface area contributed by atoms with Crippen molar-refractivity contribution in [3.8, 4) is 0 Å². The van der Waals surface area contributed by atoms with E-state index < -0.39 is 16.0 Å². The Morgan fingerprint density at radius 1 is 1.44 bits per heavy atom. The molecule has 1 saturated heterocycles. The second-order valence-corrected chi connectivity index (χ2v) is 7.00. The average molecular weight is 278 g/mol. The maximum atomic E-state index is 11.9. The lowest BCUT2D eigenvalue weighted by atomic mass is 9.92. The number of carboxylic acids is 1. The highest BCUT2D eigenvalue weighted by molar-refractivity contribution is 7.89. The summed E-state index contributed by atoms with van der Waals surface area (Å²) in [6.45, 7) is 2.95. The van der Waals surface area contributed by atoms with E-state index in [2.05, 4.69) is 0 Å². The molecule has 1 aliphatic rings. The van der Waals surface area contributed by atoms with Crippen molar-refractivity contribution in [2.45, 2.75) is 38.6 Å². The van der Waals surface area contributed by atoms with Crippen molar-refractivity contribution < 1.29 is 18.3 Å². The van der Waals surface area contributed by atoms with E-state index in [0.29, 0.717) is 19.0 Å². The molecule has 106 valence electrons. The first-order valence-corrected chi connectivity index (χ1v) is 7.89. The van der Waals surface area contributed by atoms with Gasteiger partial charge in [0, 0.05) is 25.6 Å². The molecule has 3 N–H and O–H groups in total. The Kier molecular flexibility index (Phi) is 5.55. The first kappa shape index (κ1) is 15.4. The molecule has 1 atom stereocenters. The minimum atomic E-state index is -3.30. The van der Waals surface area contributed by atoms with Crippen LogP contribution in [-0.2, 0) is 14.8 Å². The van der Waals surface area contributed by atoms with Gasteiger partial charge >= 0.3 is 5.97 Å². The van der Waals surface area contributed by atoms with Crippen molar-refractivity contribution >= 4 is 16.0 Å². The summed E-state index contributed by atoms with van der Waals surface area (Å²) in [7, 11) is -3.30. The predicted molar refractivity (Wildman–Crippen MR) is 68.6 cm³/mol. The highest BCUT2D eigenvalue weighted by Crippen LogP contribution is 2.22. The van der Waals surface area contributed by atoms with Crippen LogP contribution in [0.5, 0.6) is 0 Å². The topological polar surface area (TPSA) is 101 Å². The van der Waals surface area contributed by atoms with E-state index in [1.807, 2.05) is 6.92 Å². The zero-order valence-electron chi connectivity index (χ0n) is 10.7. The second-order valence-electron chi connectivity index (χ2n) is 4.91. The van der Waals surface area contributed by atoms with Crippen LogP contribution in [-0.4, -0.2) is 48.7 Å². The second kappa shape index (κ2) is 6.49. The number of hydrogen-bond acceptors (Lipinski definition) is 4. The summed E-state index contributed by atoms with van der Waals surface area (Å²) in [6, 6.07) is 0.0989. The summed E-state index contributed by atoms with van der Waals surface area (Å²) in [6.07, 6.45) is 1.64. The lowest BCUT2D eigenvalue weighted by Gasteiger charge is -2.32. The molecular weight excluding hydrogens is 256 g/mol. The smallest absolute Gasteiger partial charge is 0.303 e. The van der Waals surface area contributed by atoms with Gasteiger partial charge < -0.3 is 10.8 Å². The summed E-state index contributed by atoms with van der Waals surface area (Å²) in [5.74, 6) is -0.654. The SMILES string of the molecule is CC(N)C1CCN(S(=O)(=O)CCCC(=O)O)CC1. The van der Waals surface area contributed by atoms with Gasteiger partial charge in [-0.25, -0.2) is 12.7 Å². The molecule has 7 heteroatoms. The van der Waals surface area contributed by atoms with Crippen LogP contribution in [0, 0.1) is 5.92 Å². The number of carbonyl (C=O) groups is 1. The van der Waals surface area contributed by atoms with E-state index in [0.717, 1.165) is 12.8 Å². The van der Waals surface area contributed by atoms with Crippen molar-refractivity contribution in [1.82, 2.24) is 4.31 Å². The molecule has 0 aromatic carbocycles. The van der Waals surface area contributed by atoms with Crippen molar-refractivity contribution in [1.29, 1.82) is 0 Å². The van der Waals surface area contributed by atoms with Crippen LogP contribution in [0.1, 0.15) is 32.6 Å². The highest BCUT2D eigenvalue weighted by atomic mass is 32.2. The average Bonchev–Trinajstić information content (AvgIpc) is 2.28. The van der Waals surface area contributed by atoms with Crippen LogP contribution in [0.15, 0.2) is 0 Å². The van der Waals surface area contributed by atoms with Gasteiger partial charge in [0.2, 0.25) is 10.0 Å². The van der Waals surface area contributed by atoms with E-state index in [-0.39, 0.29) is 24.6 Å².